The Balaban J connectivity index is 4.42. The number of carbonyl (C=O) groups is 1. The van der Waals surface area contributed by atoms with Crippen LogP contribution in [0.3, 0.4) is 0 Å². The fourth-order valence-electron chi connectivity index (χ4n) is 1.94. The summed E-state index contributed by atoms with van der Waals surface area (Å²) >= 11 is 0. The summed E-state index contributed by atoms with van der Waals surface area (Å²) in [5.74, 6) is 0.603. The standard InChI is InChI=1S/C16H34N2O2/c1-13(2)7-10-18(11-8-14(3)4)12-9-16(5,17-6)15(19)20/h13-14,17H,7-12H2,1-6H3,(H,19,20). The van der Waals surface area contributed by atoms with Crippen molar-refractivity contribution in [1.82, 2.24) is 10.2 Å². The smallest absolute Gasteiger partial charge is 0.323 e. The topological polar surface area (TPSA) is 52.6 Å². The number of likely N-dealkylation sites (N-methyl/N-ethyl adjacent to an activating group) is 1. The highest BCUT2D eigenvalue weighted by atomic mass is 16.4. The molecule has 1 atom stereocenters. The first-order chi connectivity index (χ1) is 9.21. The number of hydrogen-bond donors (Lipinski definition) is 2. The molecule has 0 bridgehead atoms. The van der Waals surface area contributed by atoms with Crippen LogP contribution in [0.5, 0.6) is 0 Å². The molecular formula is C16H34N2O2. The van der Waals surface area contributed by atoms with Gasteiger partial charge in [-0.2, -0.15) is 0 Å². The minimum absolute atomic E-state index is 0.634. The van der Waals surface area contributed by atoms with Gasteiger partial charge in [-0.05, 0) is 58.2 Å². The summed E-state index contributed by atoms with van der Waals surface area (Å²) in [4.78, 5) is 13.7. The maximum absolute atomic E-state index is 11.3. The van der Waals surface area contributed by atoms with Crippen LogP contribution in [0, 0.1) is 11.8 Å². The lowest BCUT2D eigenvalue weighted by Gasteiger charge is -2.30. The van der Waals surface area contributed by atoms with E-state index in [9.17, 15) is 9.90 Å². The summed E-state index contributed by atoms with van der Waals surface area (Å²) in [6, 6.07) is 0. The Morgan fingerprint density at radius 3 is 1.85 bits per heavy atom. The SMILES string of the molecule is CNC(C)(CCN(CCC(C)C)CCC(C)C)C(=O)O. The first-order valence-electron chi connectivity index (χ1n) is 7.86. The van der Waals surface area contributed by atoms with Gasteiger partial charge in [0, 0.05) is 6.54 Å². The van der Waals surface area contributed by atoms with Gasteiger partial charge in [0.15, 0.2) is 0 Å². The van der Waals surface area contributed by atoms with Crippen molar-refractivity contribution in [2.45, 2.75) is 59.4 Å². The molecular weight excluding hydrogens is 252 g/mol. The van der Waals surface area contributed by atoms with Gasteiger partial charge < -0.3 is 15.3 Å². The van der Waals surface area contributed by atoms with Gasteiger partial charge in [-0.1, -0.05) is 27.7 Å². The third kappa shape index (κ3) is 7.85. The molecule has 4 heteroatoms. The molecule has 0 rings (SSSR count). The van der Waals surface area contributed by atoms with Crippen LogP contribution in [0.4, 0.5) is 0 Å². The summed E-state index contributed by atoms with van der Waals surface area (Å²) in [5.41, 5.74) is -0.825. The summed E-state index contributed by atoms with van der Waals surface area (Å²) in [7, 11) is 1.72. The molecule has 0 aliphatic carbocycles. The predicted octanol–water partition coefficient (Wildman–Crippen LogP) is 2.83. The summed E-state index contributed by atoms with van der Waals surface area (Å²) in [6.07, 6.45) is 2.97. The molecule has 0 amide bonds. The minimum Gasteiger partial charge on any atom is -0.480 e. The van der Waals surface area contributed by atoms with Crippen LogP contribution >= 0.6 is 0 Å². The Morgan fingerprint density at radius 2 is 1.55 bits per heavy atom. The van der Waals surface area contributed by atoms with Crippen LogP contribution in [0.1, 0.15) is 53.9 Å². The minimum atomic E-state index is -0.825. The highest BCUT2D eigenvalue weighted by Gasteiger charge is 2.31. The van der Waals surface area contributed by atoms with Gasteiger partial charge in [0.2, 0.25) is 0 Å². The van der Waals surface area contributed by atoms with E-state index in [0.717, 1.165) is 19.6 Å². The zero-order chi connectivity index (χ0) is 15.8. The zero-order valence-corrected chi connectivity index (χ0v) is 14.2. The molecule has 0 fully saturated rings. The van der Waals surface area contributed by atoms with E-state index < -0.39 is 11.5 Å². The van der Waals surface area contributed by atoms with Crippen molar-refractivity contribution in [2.24, 2.45) is 11.8 Å². The van der Waals surface area contributed by atoms with Crippen molar-refractivity contribution in [3.8, 4) is 0 Å². The molecule has 0 spiro atoms. The van der Waals surface area contributed by atoms with Gasteiger partial charge in [-0.25, -0.2) is 0 Å². The van der Waals surface area contributed by atoms with E-state index in [1.54, 1.807) is 14.0 Å². The molecule has 0 aliphatic heterocycles. The number of carboxylic acids is 1. The van der Waals surface area contributed by atoms with Crippen molar-refractivity contribution in [3.63, 3.8) is 0 Å². The average molecular weight is 286 g/mol. The Kier molecular flexibility index (Phi) is 9.06. The van der Waals surface area contributed by atoms with E-state index in [0.29, 0.717) is 18.3 Å². The monoisotopic (exact) mass is 286 g/mol. The quantitative estimate of drug-likeness (QED) is 0.613. The van der Waals surface area contributed by atoms with E-state index in [2.05, 4.69) is 37.9 Å². The molecule has 0 radical (unpaired) electrons. The summed E-state index contributed by atoms with van der Waals surface area (Å²) in [6.45, 7) is 13.6. The van der Waals surface area contributed by atoms with Crippen molar-refractivity contribution >= 4 is 5.97 Å². The van der Waals surface area contributed by atoms with Crippen LogP contribution in [-0.4, -0.2) is 48.2 Å². The van der Waals surface area contributed by atoms with Crippen molar-refractivity contribution < 1.29 is 9.90 Å². The lowest BCUT2D eigenvalue weighted by Crippen LogP contribution is -2.49. The molecule has 1 unspecified atom stereocenters. The normalized spacial score (nSPS) is 15.1. The van der Waals surface area contributed by atoms with E-state index in [4.69, 9.17) is 0 Å². The van der Waals surface area contributed by atoms with Gasteiger partial charge in [0.1, 0.15) is 5.54 Å². The van der Waals surface area contributed by atoms with Crippen LogP contribution in [0.2, 0.25) is 0 Å². The first-order valence-corrected chi connectivity index (χ1v) is 7.86. The number of rotatable bonds is 11. The van der Waals surface area contributed by atoms with E-state index in [1.165, 1.54) is 12.8 Å². The molecule has 20 heavy (non-hydrogen) atoms. The molecule has 0 aliphatic rings. The summed E-state index contributed by atoms with van der Waals surface area (Å²) < 4.78 is 0. The number of nitrogens with one attached hydrogen (secondary N) is 1. The third-order valence-electron chi connectivity index (χ3n) is 4.00. The Hall–Kier alpha value is -0.610. The maximum atomic E-state index is 11.3. The van der Waals surface area contributed by atoms with Gasteiger partial charge in [0.05, 0.1) is 0 Å². The molecule has 0 aromatic carbocycles. The van der Waals surface area contributed by atoms with Crippen molar-refractivity contribution in [2.75, 3.05) is 26.7 Å². The Labute approximate surface area is 124 Å². The predicted molar refractivity (Wildman–Crippen MR) is 85.1 cm³/mol. The lowest BCUT2D eigenvalue weighted by molar-refractivity contribution is -0.144. The second kappa shape index (κ2) is 9.35. The summed E-state index contributed by atoms with van der Waals surface area (Å²) in [5, 5.41) is 12.2. The molecule has 0 aromatic heterocycles. The van der Waals surface area contributed by atoms with Gasteiger partial charge >= 0.3 is 5.97 Å². The molecule has 0 heterocycles. The molecule has 4 nitrogen and oxygen atoms in total. The van der Waals surface area contributed by atoms with Crippen LogP contribution in [-0.2, 0) is 4.79 Å². The Bertz CT molecular complexity index is 268. The zero-order valence-electron chi connectivity index (χ0n) is 14.2. The number of aliphatic carboxylic acids is 1. The van der Waals surface area contributed by atoms with Gasteiger partial charge in [-0.15, -0.1) is 0 Å². The van der Waals surface area contributed by atoms with E-state index in [1.807, 2.05) is 0 Å². The number of carboxylic acid groups (broad SMARTS) is 1. The first kappa shape index (κ1) is 19.4. The second-order valence-corrected chi connectivity index (χ2v) is 6.84. The van der Waals surface area contributed by atoms with Crippen molar-refractivity contribution in [3.05, 3.63) is 0 Å². The largest absolute Gasteiger partial charge is 0.480 e. The van der Waals surface area contributed by atoms with Crippen LogP contribution in [0.25, 0.3) is 0 Å². The third-order valence-corrected chi connectivity index (χ3v) is 4.00. The van der Waals surface area contributed by atoms with Crippen LogP contribution in [0.15, 0.2) is 0 Å². The molecule has 0 aromatic rings. The fourth-order valence-corrected chi connectivity index (χ4v) is 1.94. The number of hydrogen-bond acceptors (Lipinski definition) is 3. The highest BCUT2D eigenvalue weighted by molar-refractivity contribution is 5.78. The van der Waals surface area contributed by atoms with E-state index >= 15 is 0 Å². The van der Waals surface area contributed by atoms with Gasteiger partial charge in [-0.3, -0.25) is 4.79 Å². The number of nitrogens with zero attached hydrogens (tertiary/aromatic N) is 1. The Morgan fingerprint density at radius 1 is 1.10 bits per heavy atom. The van der Waals surface area contributed by atoms with Gasteiger partial charge in [0.25, 0.3) is 0 Å². The molecule has 120 valence electrons. The fraction of sp³-hybridized carbons (Fsp3) is 0.938. The molecule has 0 saturated carbocycles. The van der Waals surface area contributed by atoms with Crippen LogP contribution < -0.4 is 5.32 Å². The second-order valence-electron chi connectivity index (χ2n) is 6.84. The van der Waals surface area contributed by atoms with Crippen molar-refractivity contribution in [1.29, 1.82) is 0 Å². The molecule has 2 N–H and O–H groups in total. The molecule has 0 saturated heterocycles. The average Bonchev–Trinajstić information content (AvgIpc) is 2.36. The highest BCUT2D eigenvalue weighted by Crippen LogP contribution is 2.13. The van der Waals surface area contributed by atoms with E-state index in [-0.39, 0.29) is 0 Å². The maximum Gasteiger partial charge on any atom is 0.323 e. The lowest BCUT2D eigenvalue weighted by atomic mass is 9.97.